The zero-order valence-electron chi connectivity index (χ0n) is 16.6. The van der Waals surface area contributed by atoms with Crippen molar-refractivity contribution in [3.63, 3.8) is 0 Å². The number of amides is 1. The average Bonchev–Trinajstić information content (AvgIpc) is 2.78. The predicted octanol–water partition coefficient (Wildman–Crippen LogP) is 4.57. The molecule has 0 radical (unpaired) electrons. The van der Waals surface area contributed by atoms with Gasteiger partial charge in [-0.3, -0.25) is 9.10 Å². The first-order valence-electron chi connectivity index (χ1n) is 9.77. The highest BCUT2D eigenvalue weighted by Crippen LogP contribution is 2.42. The van der Waals surface area contributed by atoms with E-state index in [0.29, 0.717) is 22.8 Å². The summed E-state index contributed by atoms with van der Waals surface area (Å²) in [5, 5.41) is 3.54. The monoisotopic (exact) mass is 472 g/mol. The number of halogens is 1. The number of hydrogen-bond acceptors (Lipinski definition) is 4. The van der Waals surface area contributed by atoms with Crippen molar-refractivity contribution in [1.29, 1.82) is 0 Å². The van der Waals surface area contributed by atoms with Crippen LogP contribution in [0.4, 0.5) is 5.69 Å². The fourth-order valence-electron chi connectivity index (χ4n) is 3.47. The zero-order valence-corrected chi connectivity index (χ0v) is 19.0. The highest BCUT2D eigenvalue weighted by Gasteiger charge is 2.35. The molecule has 1 aliphatic heterocycles. The minimum atomic E-state index is -3.81. The Hall–Kier alpha value is -2.48. The lowest BCUT2D eigenvalue weighted by atomic mass is 10.0. The van der Waals surface area contributed by atoms with E-state index in [1.54, 1.807) is 42.1 Å². The van der Waals surface area contributed by atoms with Gasteiger partial charge in [0.15, 0.2) is 0 Å². The van der Waals surface area contributed by atoms with Gasteiger partial charge in [-0.25, -0.2) is 8.42 Å². The third kappa shape index (κ3) is 4.74. The summed E-state index contributed by atoms with van der Waals surface area (Å²) in [6.45, 7) is 0.207. The van der Waals surface area contributed by atoms with E-state index >= 15 is 0 Å². The molecule has 3 aromatic carbocycles. The number of thioether (sulfide) groups is 1. The fourth-order valence-corrected chi connectivity index (χ4v) is 6.07. The molecule has 1 heterocycles. The average molecular weight is 473 g/mol. The molecule has 4 rings (SSSR count). The van der Waals surface area contributed by atoms with Crippen molar-refractivity contribution in [2.75, 3.05) is 23.1 Å². The molecule has 1 N–H and O–H groups in total. The van der Waals surface area contributed by atoms with Crippen LogP contribution in [0.15, 0.2) is 77.7 Å². The number of fused-ring (bicyclic) bond motifs is 3. The minimum absolute atomic E-state index is 0.222. The summed E-state index contributed by atoms with van der Waals surface area (Å²) >= 11 is 7.58. The Morgan fingerprint density at radius 1 is 0.935 bits per heavy atom. The van der Waals surface area contributed by atoms with Gasteiger partial charge in [-0.1, -0.05) is 60.1 Å². The van der Waals surface area contributed by atoms with E-state index in [-0.39, 0.29) is 17.3 Å². The maximum absolute atomic E-state index is 13.2. The van der Waals surface area contributed by atoms with Crippen molar-refractivity contribution in [3.8, 4) is 11.1 Å². The number of carbonyl (C=O) groups is 1. The first-order valence-corrected chi connectivity index (χ1v) is 12.7. The minimum Gasteiger partial charge on any atom is -0.354 e. The number of anilines is 1. The van der Waals surface area contributed by atoms with Crippen LogP contribution in [-0.4, -0.2) is 33.2 Å². The molecular weight excluding hydrogens is 452 g/mol. The summed E-state index contributed by atoms with van der Waals surface area (Å²) in [6, 6.07) is 21.8. The van der Waals surface area contributed by atoms with Gasteiger partial charge in [0.1, 0.15) is 6.54 Å². The van der Waals surface area contributed by atoms with Gasteiger partial charge in [0.05, 0.1) is 10.6 Å². The number of sulfonamides is 1. The van der Waals surface area contributed by atoms with Crippen molar-refractivity contribution in [2.45, 2.75) is 10.6 Å². The highest BCUT2D eigenvalue weighted by molar-refractivity contribution is 7.98. The lowest BCUT2D eigenvalue weighted by Gasteiger charge is -2.31. The Kier molecular flexibility index (Phi) is 6.55. The van der Waals surface area contributed by atoms with Gasteiger partial charge in [-0.15, -0.1) is 0 Å². The number of rotatable bonds is 7. The van der Waals surface area contributed by atoms with Crippen molar-refractivity contribution in [1.82, 2.24) is 5.32 Å². The largest absolute Gasteiger partial charge is 0.354 e. The summed E-state index contributed by atoms with van der Waals surface area (Å²) in [5.74, 6) is 1.21. The summed E-state index contributed by atoms with van der Waals surface area (Å²) in [6.07, 6.45) is 0. The van der Waals surface area contributed by atoms with Gasteiger partial charge in [-0.05, 0) is 29.8 Å². The molecule has 0 aromatic heterocycles. The molecule has 5 nitrogen and oxygen atoms in total. The second kappa shape index (κ2) is 9.34. The molecule has 3 aromatic rings. The van der Waals surface area contributed by atoms with Gasteiger partial charge in [0.25, 0.3) is 10.0 Å². The van der Waals surface area contributed by atoms with Crippen molar-refractivity contribution >= 4 is 45.0 Å². The first kappa shape index (κ1) is 21.7. The molecule has 0 unspecified atom stereocenters. The predicted molar refractivity (Wildman–Crippen MR) is 127 cm³/mol. The SMILES string of the molecule is O=C(CN1c2ccccc2-c2ccccc2S1(=O)=O)NCCSCc1ccc(Cl)cc1. The molecule has 0 saturated heterocycles. The molecular formula is C23H21ClN2O3S2. The number of para-hydroxylation sites is 1. The molecule has 31 heavy (non-hydrogen) atoms. The van der Waals surface area contributed by atoms with Crippen LogP contribution < -0.4 is 9.62 Å². The Balaban J connectivity index is 1.38. The van der Waals surface area contributed by atoms with Crippen molar-refractivity contribution < 1.29 is 13.2 Å². The van der Waals surface area contributed by atoms with Crippen LogP contribution in [-0.2, 0) is 20.6 Å². The molecule has 0 aliphatic carbocycles. The number of benzene rings is 3. The smallest absolute Gasteiger partial charge is 0.265 e. The van der Waals surface area contributed by atoms with E-state index < -0.39 is 10.0 Å². The lowest BCUT2D eigenvalue weighted by Crippen LogP contribution is -2.43. The van der Waals surface area contributed by atoms with E-state index in [1.165, 1.54) is 4.31 Å². The Morgan fingerprint density at radius 2 is 1.61 bits per heavy atom. The van der Waals surface area contributed by atoms with Crippen molar-refractivity contribution in [3.05, 3.63) is 83.4 Å². The highest BCUT2D eigenvalue weighted by atomic mass is 35.5. The number of nitrogens with one attached hydrogen (secondary N) is 1. The van der Waals surface area contributed by atoms with E-state index in [4.69, 9.17) is 11.6 Å². The Morgan fingerprint density at radius 3 is 2.39 bits per heavy atom. The molecule has 1 aliphatic rings. The molecule has 8 heteroatoms. The van der Waals surface area contributed by atoms with Crippen LogP contribution in [0.1, 0.15) is 5.56 Å². The third-order valence-electron chi connectivity index (χ3n) is 4.96. The molecule has 0 saturated carbocycles. The maximum Gasteiger partial charge on any atom is 0.265 e. The fraction of sp³-hybridized carbons (Fsp3) is 0.174. The summed E-state index contributed by atoms with van der Waals surface area (Å²) in [4.78, 5) is 12.8. The van der Waals surface area contributed by atoms with Crippen LogP contribution in [0.25, 0.3) is 11.1 Å². The maximum atomic E-state index is 13.2. The lowest BCUT2D eigenvalue weighted by molar-refractivity contribution is -0.119. The number of carbonyl (C=O) groups excluding carboxylic acids is 1. The first-order chi connectivity index (χ1) is 15.0. The zero-order chi connectivity index (χ0) is 21.8. The summed E-state index contributed by atoms with van der Waals surface area (Å²) in [7, 11) is -3.81. The van der Waals surface area contributed by atoms with Crippen molar-refractivity contribution in [2.24, 2.45) is 0 Å². The van der Waals surface area contributed by atoms with Gasteiger partial charge in [0, 0.05) is 34.2 Å². The van der Waals surface area contributed by atoms with E-state index in [2.05, 4.69) is 5.32 Å². The van der Waals surface area contributed by atoms with E-state index in [9.17, 15) is 13.2 Å². The second-order valence-electron chi connectivity index (χ2n) is 7.05. The van der Waals surface area contributed by atoms with Gasteiger partial charge >= 0.3 is 0 Å². The molecule has 1 amide bonds. The number of nitrogens with zero attached hydrogens (tertiary/aromatic N) is 1. The van der Waals surface area contributed by atoms with E-state index in [1.807, 2.05) is 42.5 Å². The molecule has 0 atom stereocenters. The quantitative estimate of drug-likeness (QED) is 0.512. The molecule has 0 bridgehead atoms. The van der Waals surface area contributed by atoms with E-state index in [0.717, 1.165) is 22.6 Å². The summed E-state index contributed by atoms with van der Waals surface area (Å²) < 4.78 is 27.6. The molecule has 160 valence electrons. The Labute approximate surface area is 191 Å². The molecule has 0 spiro atoms. The molecule has 0 fully saturated rings. The third-order valence-corrected chi connectivity index (χ3v) is 8.06. The topological polar surface area (TPSA) is 66.5 Å². The van der Waals surface area contributed by atoms with Crippen LogP contribution in [0.5, 0.6) is 0 Å². The summed E-state index contributed by atoms with van der Waals surface area (Å²) in [5.41, 5.74) is 3.15. The van der Waals surface area contributed by atoms with Crippen LogP contribution >= 0.6 is 23.4 Å². The van der Waals surface area contributed by atoms with Crippen LogP contribution in [0.2, 0.25) is 5.02 Å². The normalized spacial score (nSPS) is 13.9. The van der Waals surface area contributed by atoms with Gasteiger partial charge in [0.2, 0.25) is 5.91 Å². The standard InChI is InChI=1S/C23H21ClN2O3S2/c24-18-11-9-17(10-12-18)16-30-14-13-25-23(27)15-26-21-7-3-1-5-19(21)20-6-2-4-8-22(20)31(26,28)29/h1-12H,13-16H2,(H,25,27). The second-order valence-corrected chi connectivity index (χ2v) is 10.4. The van der Waals surface area contributed by atoms with Gasteiger partial charge in [-0.2, -0.15) is 11.8 Å². The Bertz CT molecular complexity index is 1200. The number of hydrogen-bond donors (Lipinski definition) is 1. The van der Waals surface area contributed by atoms with Crippen LogP contribution in [0, 0.1) is 0 Å². The van der Waals surface area contributed by atoms with Crippen LogP contribution in [0.3, 0.4) is 0 Å². The van der Waals surface area contributed by atoms with Gasteiger partial charge < -0.3 is 5.32 Å².